The maximum Gasteiger partial charge on any atom is 0.108 e. The third-order valence-electron chi connectivity index (χ3n) is 3.43. The minimum Gasteiger partial charge on any atom is -0.255 e. The van der Waals surface area contributed by atoms with Gasteiger partial charge in [-0.2, -0.15) is 0 Å². The van der Waals surface area contributed by atoms with Crippen LogP contribution in [0.25, 0.3) is 21.8 Å². The van der Waals surface area contributed by atoms with Gasteiger partial charge in [0.1, 0.15) is 5.69 Å². The van der Waals surface area contributed by atoms with Crippen molar-refractivity contribution < 1.29 is 0 Å². The zero-order valence-corrected chi connectivity index (χ0v) is 17.4. The zero-order valence-electron chi connectivity index (χ0n) is 13.2. The van der Waals surface area contributed by atoms with E-state index in [9.17, 15) is 0 Å². The summed E-state index contributed by atoms with van der Waals surface area (Å²) in [4.78, 5) is 10.6. The number of aromatic nitrogens is 2. The van der Waals surface area contributed by atoms with E-state index in [1.807, 2.05) is 24.4 Å². The van der Waals surface area contributed by atoms with Gasteiger partial charge < -0.3 is 0 Å². The quantitative estimate of drug-likeness (QED) is 0.461. The minimum atomic E-state index is 0. The van der Waals surface area contributed by atoms with E-state index in [4.69, 9.17) is 4.98 Å². The summed E-state index contributed by atoms with van der Waals surface area (Å²) >= 11 is 1.80. The molecule has 0 saturated carbocycles. The molecule has 0 amide bonds. The Hall–Kier alpha value is -1.04. The summed E-state index contributed by atoms with van der Waals surface area (Å²) in [5.41, 5.74) is 4.51. The van der Waals surface area contributed by atoms with E-state index >= 15 is 0 Å². The number of hydrogen-bond donors (Lipinski definition) is 0. The van der Waals surface area contributed by atoms with Crippen molar-refractivity contribution in [2.45, 2.75) is 26.7 Å². The molecule has 1 aromatic carbocycles. The topological polar surface area (TPSA) is 25.8 Å². The van der Waals surface area contributed by atoms with Crippen molar-refractivity contribution in [3.63, 3.8) is 0 Å². The van der Waals surface area contributed by atoms with Gasteiger partial charge in [0, 0.05) is 6.20 Å². The van der Waals surface area contributed by atoms with Crippen LogP contribution in [0.2, 0.25) is 0 Å². The normalized spacial score (nSPS) is 9.83. The fourth-order valence-corrected chi connectivity index (χ4v) is 3.64. The average molecular weight is 456 g/mol. The second kappa shape index (κ2) is 9.30. The molecule has 0 fully saturated rings. The molecule has 0 aliphatic carbocycles. The van der Waals surface area contributed by atoms with Gasteiger partial charge in [0.25, 0.3) is 0 Å². The Balaban J connectivity index is 0.00000132. The first kappa shape index (κ1) is 20.0. The van der Waals surface area contributed by atoms with Gasteiger partial charge in [0.15, 0.2) is 0 Å². The summed E-state index contributed by atoms with van der Waals surface area (Å²) in [5, 5.41) is 1.19. The van der Waals surface area contributed by atoms with Crippen LogP contribution in [0.4, 0.5) is 0 Å². The van der Waals surface area contributed by atoms with E-state index in [0.29, 0.717) is 0 Å². The molecule has 0 saturated heterocycles. The third kappa shape index (κ3) is 4.49. The molecule has 5 heteroatoms. The van der Waals surface area contributed by atoms with Crippen molar-refractivity contribution in [2.75, 3.05) is 0 Å². The number of rotatable bonds is 4. The molecule has 0 unspecified atom stereocenters. The lowest BCUT2D eigenvalue weighted by molar-refractivity contribution is 0.909. The number of hydrogen-bond acceptors (Lipinski definition) is 3. The van der Waals surface area contributed by atoms with Crippen LogP contribution in [0.5, 0.6) is 0 Å². The molecule has 0 radical (unpaired) electrons. The number of pyridine rings is 1. The molecule has 2 aromatic heterocycles. The first-order valence-corrected chi connectivity index (χ1v) is 8.08. The second-order valence-corrected chi connectivity index (χ2v) is 6.15. The molecule has 3 aromatic rings. The average Bonchev–Trinajstić information content (AvgIpc) is 2.93. The van der Waals surface area contributed by atoms with Crippen molar-refractivity contribution in [1.82, 2.24) is 9.97 Å². The summed E-state index contributed by atoms with van der Waals surface area (Å²) in [6.07, 6.45) is 3.97. The molecule has 2 heterocycles. The Morgan fingerprint density at radius 3 is 2.39 bits per heavy atom. The molecule has 2 nitrogen and oxygen atoms in total. The third-order valence-corrected chi connectivity index (χ3v) is 4.58. The fraction of sp³-hybridized carbons (Fsp3) is 0.222. The monoisotopic (exact) mass is 454 g/mol. The Kier molecular flexibility index (Phi) is 8.09. The predicted molar refractivity (Wildman–Crippen MR) is 110 cm³/mol. The maximum absolute atomic E-state index is 4.84. The van der Waals surface area contributed by atoms with Crippen molar-refractivity contribution >= 4 is 45.3 Å². The molecule has 0 aliphatic rings. The summed E-state index contributed by atoms with van der Waals surface area (Å²) < 4.78 is 0. The number of thiazole rings is 1. The molecule has 0 spiro atoms. The Morgan fingerprint density at radius 2 is 1.74 bits per heavy atom. The van der Waals surface area contributed by atoms with Gasteiger partial charge in [-0.25, -0.2) is 4.98 Å². The van der Waals surface area contributed by atoms with Gasteiger partial charge in [-0.05, 0) is 43.0 Å². The maximum atomic E-state index is 4.84. The van der Waals surface area contributed by atoms with Crippen molar-refractivity contribution in [3.8, 4) is 21.8 Å². The van der Waals surface area contributed by atoms with E-state index in [1.165, 1.54) is 21.0 Å². The van der Waals surface area contributed by atoms with Crippen LogP contribution in [-0.2, 0) is 6.42 Å². The molecule has 0 atom stereocenters. The predicted octanol–water partition coefficient (Wildman–Crippen LogP) is 6.29. The SMILES string of the molecule is Br.Br.CCCc1nc(-c2ccccn2)c(-c2ccccc2C)s1. The molecule has 23 heavy (non-hydrogen) atoms. The summed E-state index contributed by atoms with van der Waals surface area (Å²) in [6, 6.07) is 14.5. The Bertz CT molecular complexity index is 742. The highest BCUT2D eigenvalue weighted by Gasteiger charge is 2.16. The van der Waals surface area contributed by atoms with Gasteiger partial charge in [-0.3, -0.25) is 4.98 Å². The van der Waals surface area contributed by atoms with E-state index in [0.717, 1.165) is 24.2 Å². The Labute approximate surface area is 162 Å². The first-order valence-electron chi connectivity index (χ1n) is 7.26. The molecule has 0 bridgehead atoms. The summed E-state index contributed by atoms with van der Waals surface area (Å²) in [5.74, 6) is 0. The Morgan fingerprint density at radius 1 is 1.00 bits per heavy atom. The standard InChI is InChI=1S/C18H18N2S.2BrH/c1-3-8-16-20-17(15-11-6-7-12-19-15)18(21-16)14-10-5-4-9-13(14)2;;/h4-7,9-12H,3,8H2,1-2H3;2*1H. The summed E-state index contributed by atoms with van der Waals surface area (Å²) in [7, 11) is 0. The second-order valence-electron chi connectivity index (χ2n) is 5.07. The molecule has 0 aliphatic heterocycles. The molecular weight excluding hydrogens is 436 g/mol. The number of aryl methyl sites for hydroxylation is 2. The van der Waals surface area contributed by atoms with Crippen LogP contribution in [-0.4, -0.2) is 9.97 Å². The van der Waals surface area contributed by atoms with Crippen LogP contribution >= 0.6 is 45.3 Å². The van der Waals surface area contributed by atoms with Crippen LogP contribution in [0.1, 0.15) is 23.9 Å². The summed E-state index contributed by atoms with van der Waals surface area (Å²) in [6.45, 7) is 4.34. The lowest BCUT2D eigenvalue weighted by atomic mass is 10.1. The highest BCUT2D eigenvalue weighted by Crippen LogP contribution is 2.37. The first-order chi connectivity index (χ1) is 10.3. The van der Waals surface area contributed by atoms with Crippen LogP contribution < -0.4 is 0 Å². The van der Waals surface area contributed by atoms with Crippen molar-refractivity contribution in [3.05, 3.63) is 59.2 Å². The van der Waals surface area contributed by atoms with E-state index < -0.39 is 0 Å². The van der Waals surface area contributed by atoms with Crippen LogP contribution in [0, 0.1) is 6.92 Å². The van der Waals surface area contributed by atoms with Crippen LogP contribution in [0.15, 0.2) is 48.7 Å². The fourth-order valence-electron chi connectivity index (χ4n) is 2.37. The molecular formula is C18H20Br2N2S. The highest BCUT2D eigenvalue weighted by molar-refractivity contribution is 8.93. The number of halogens is 2. The zero-order chi connectivity index (χ0) is 14.7. The molecule has 122 valence electrons. The minimum absolute atomic E-state index is 0. The largest absolute Gasteiger partial charge is 0.255 e. The van der Waals surface area contributed by atoms with E-state index in [2.05, 4.69) is 43.1 Å². The van der Waals surface area contributed by atoms with E-state index in [-0.39, 0.29) is 34.0 Å². The van der Waals surface area contributed by atoms with Crippen molar-refractivity contribution in [1.29, 1.82) is 0 Å². The van der Waals surface area contributed by atoms with E-state index in [1.54, 1.807) is 11.3 Å². The number of nitrogens with zero attached hydrogens (tertiary/aromatic N) is 2. The van der Waals surface area contributed by atoms with Gasteiger partial charge in [0.2, 0.25) is 0 Å². The lowest BCUT2D eigenvalue weighted by Gasteiger charge is -2.05. The van der Waals surface area contributed by atoms with Gasteiger partial charge in [0.05, 0.1) is 15.6 Å². The van der Waals surface area contributed by atoms with Crippen LogP contribution in [0.3, 0.4) is 0 Å². The highest BCUT2D eigenvalue weighted by atomic mass is 79.9. The number of benzene rings is 1. The van der Waals surface area contributed by atoms with Gasteiger partial charge >= 0.3 is 0 Å². The van der Waals surface area contributed by atoms with Crippen molar-refractivity contribution in [2.24, 2.45) is 0 Å². The molecule has 3 rings (SSSR count). The smallest absolute Gasteiger partial charge is 0.108 e. The van der Waals surface area contributed by atoms with Gasteiger partial charge in [-0.15, -0.1) is 45.3 Å². The molecule has 0 N–H and O–H groups in total. The lowest BCUT2D eigenvalue weighted by Crippen LogP contribution is -1.88. The van der Waals surface area contributed by atoms with Gasteiger partial charge in [-0.1, -0.05) is 37.3 Å².